The molecule has 0 spiro atoms. The molecule has 33 heavy (non-hydrogen) atoms. The standard InChI is InChI=1S/C23H21F3N4O3/c1-14(2)22(32)30-19-12-21(28-13-27-19)33-18-9-7-17(8-10-18)29-20(31)11-15-3-5-16(6-4-15)23(24,25)26/h3-10,12-14H,11H2,1-2H3,(H,29,31)(H,27,28,30,32). The van der Waals surface area contributed by atoms with Gasteiger partial charge in [-0.3, -0.25) is 9.59 Å². The second-order valence-electron chi connectivity index (χ2n) is 7.43. The van der Waals surface area contributed by atoms with E-state index < -0.39 is 11.7 Å². The lowest BCUT2D eigenvalue weighted by atomic mass is 10.1. The van der Waals surface area contributed by atoms with Crippen molar-refractivity contribution < 1.29 is 27.5 Å². The molecule has 1 aromatic heterocycles. The highest BCUT2D eigenvalue weighted by Crippen LogP contribution is 2.29. The van der Waals surface area contributed by atoms with Gasteiger partial charge in [0.15, 0.2) is 0 Å². The van der Waals surface area contributed by atoms with Crippen LogP contribution in [-0.4, -0.2) is 21.8 Å². The third kappa shape index (κ3) is 7.03. The van der Waals surface area contributed by atoms with E-state index in [1.165, 1.54) is 24.5 Å². The van der Waals surface area contributed by atoms with Gasteiger partial charge in [-0.2, -0.15) is 13.2 Å². The van der Waals surface area contributed by atoms with E-state index in [0.29, 0.717) is 22.8 Å². The predicted molar refractivity (Wildman–Crippen MR) is 116 cm³/mol. The third-order valence-corrected chi connectivity index (χ3v) is 4.42. The summed E-state index contributed by atoms with van der Waals surface area (Å²) in [4.78, 5) is 32.0. The highest BCUT2D eigenvalue weighted by molar-refractivity contribution is 5.92. The smallest absolute Gasteiger partial charge is 0.416 e. The minimum atomic E-state index is -4.42. The summed E-state index contributed by atoms with van der Waals surface area (Å²) in [6.45, 7) is 3.52. The second kappa shape index (κ2) is 10.1. The molecule has 0 aliphatic heterocycles. The Labute approximate surface area is 188 Å². The number of alkyl halides is 3. The van der Waals surface area contributed by atoms with Crippen molar-refractivity contribution >= 4 is 23.3 Å². The second-order valence-corrected chi connectivity index (χ2v) is 7.43. The van der Waals surface area contributed by atoms with Crippen LogP contribution in [0.4, 0.5) is 24.7 Å². The van der Waals surface area contributed by atoms with Crippen LogP contribution in [0, 0.1) is 5.92 Å². The molecular formula is C23H21F3N4O3. The lowest BCUT2D eigenvalue weighted by Gasteiger charge is -2.10. The first kappa shape index (κ1) is 23.7. The highest BCUT2D eigenvalue weighted by Gasteiger charge is 2.29. The summed E-state index contributed by atoms with van der Waals surface area (Å²) in [5.41, 5.74) is 0.191. The van der Waals surface area contributed by atoms with Crippen LogP contribution in [0.5, 0.6) is 11.6 Å². The normalized spacial score (nSPS) is 11.2. The highest BCUT2D eigenvalue weighted by atomic mass is 19.4. The van der Waals surface area contributed by atoms with E-state index in [0.717, 1.165) is 12.1 Å². The van der Waals surface area contributed by atoms with Crippen LogP contribution in [0.2, 0.25) is 0 Å². The van der Waals surface area contributed by atoms with Crippen molar-refractivity contribution in [1.82, 2.24) is 9.97 Å². The number of amides is 2. The molecule has 0 unspecified atom stereocenters. The fourth-order valence-electron chi connectivity index (χ4n) is 2.66. The van der Waals surface area contributed by atoms with Gasteiger partial charge in [0.1, 0.15) is 17.9 Å². The van der Waals surface area contributed by atoms with Crippen LogP contribution in [0.3, 0.4) is 0 Å². The van der Waals surface area contributed by atoms with Crippen LogP contribution < -0.4 is 15.4 Å². The molecule has 3 aromatic rings. The molecular weight excluding hydrogens is 437 g/mol. The molecule has 0 atom stereocenters. The molecule has 0 saturated carbocycles. The van der Waals surface area contributed by atoms with Crippen LogP contribution in [-0.2, 0) is 22.2 Å². The fraction of sp³-hybridized carbons (Fsp3) is 0.217. The quantitative estimate of drug-likeness (QED) is 0.516. The summed E-state index contributed by atoms with van der Waals surface area (Å²) in [5, 5.41) is 5.33. The summed E-state index contributed by atoms with van der Waals surface area (Å²) < 4.78 is 43.5. The van der Waals surface area contributed by atoms with Crippen LogP contribution >= 0.6 is 0 Å². The van der Waals surface area contributed by atoms with E-state index in [1.807, 2.05) is 0 Å². The van der Waals surface area contributed by atoms with Crippen molar-refractivity contribution in [3.05, 3.63) is 72.1 Å². The molecule has 2 amide bonds. The molecule has 2 aromatic carbocycles. The maximum Gasteiger partial charge on any atom is 0.416 e. The minimum absolute atomic E-state index is 0.0673. The van der Waals surface area contributed by atoms with Gasteiger partial charge < -0.3 is 15.4 Å². The number of benzene rings is 2. The number of ether oxygens (including phenoxy) is 1. The van der Waals surface area contributed by atoms with Crippen molar-refractivity contribution in [3.63, 3.8) is 0 Å². The first-order valence-corrected chi connectivity index (χ1v) is 9.97. The largest absolute Gasteiger partial charge is 0.439 e. The Kier molecular flexibility index (Phi) is 7.27. The number of hydrogen-bond acceptors (Lipinski definition) is 5. The molecule has 0 aliphatic rings. The van der Waals surface area contributed by atoms with E-state index in [2.05, 4.69) is 20.6 Å². The molecule has 172 valence electrons. The number of carbonyl (C=O) groups excluding carboxylic acids is 2. The molecule has 7 nitrogen and oxygen atoms in total. The number of hydrogen-bond donors (Lipinski definition) is 2. The summed E-state index contributed by atoms with van der Waals surface area (Å²) in [6, 6.07) is 12.4. The van der Waals surface area contributed by atoms with Crippen molar-refractivity contribution in [2.24, 2.45) is 5.92 Å². The van der Waals surface area contributed by atoms with Crippen LogP contribution in [0.1, 0.15) is 25.0 Å². The maximum absolute atomic E-state index is 12.6. The SMILES string of the molecule is CC(C)C(=O)Nc1cc(Oc2ccc(NC(=O)Cc3ccc(C(F)(F)F)cc3)cc2)ncn1. The monoisotopic (exact) mass is 458 g/mol. The Morgan fingerprint density at radius 2 is 1.64 bits per heavy atom. The Morgan fingerprint density at radius 1 is 0.970 bits per heavy atom. The Bertz CT molecular complexity index is 1120. The third-order valence-electron chi connectivity index (χ3n) is 4.42. The molecule has 1 heterocycles. The molecule has 0 radical (unpaired) electrons. The van der Waals surface area contributed by atoms with E-state index in [-0.39, 0.29) is 30.0 Å². The molecule has 0 aliphatic carbocycles. The van der Waals surface area contributed by atoms with E-state index >= 15 is 0 Å². The number of halogens is 3. The molecule has 2 N–H and O–H groups in total. The average molecular weight is 458 g/mol. The average Bonchev–Trinajstić information content (AvgIpc) is 2.75. The molecule has 3 rings (SSSR count). The first-order chi connectivity index (χ1) is 15.6. The lowest BCUT2D eigenvalue weighted by molar-refractivity contribution is -0.137. The summed E-state index contributed by atoms with van der Waals surface area (Å²) in [6.07, 6.45) is -3.22. The van der Waals surface area contributed by atoms with Crippen LogP contribution in [0.15, 0.2) is 60.9 Å². The zero-order valence-electron chi connectivity index (χ0n) is 17.8. The number of rotatable bonds is 7. The Hall–Kier alpha value is -3.95. The van der Waals surface area contributed by atoms with Gasteiger partial charge in [0.05, 0.1) is 12.0 Å². The van der Waals surface area contributed by atoms with Gasteiger partial charge in [-0.1, -0.05) is 26.0 Å². The zero-order chi connectivity index (χ0) is 24.0. The number of nitrogens with zero attached hydrogens (tertiary/aromatic N) is 2. The predicted octanol–water partition coefficient (Wildman–Crippen LogP) is 5.06. The summed E-state index contributed by atoms with van der Waals surface area (Å²) in [7, 11) is 0. The van der Waals surface area contributed by atoms with Gasteiger partial charge in [0.2, 0.25) is 17.7 Å². The van der Waals surface area contributed by atoms with Gasteiger partial charge in [-0.05, 0) is 42.0 Å². The Morgan fingerprint density at radius 3 is 2.24 bits per heavy atom. The molecule has 0 saturated heterocycles. The summed E-state index contributed by atoms with van der Waals surface area (Å²) >= 11 is 0. The van der Waals surface area contributed by atoms with E-state index in [1.54, 1.807) is 38.1 Å². The molecule has 0 bridgehead atoms. The van der Waals surface area contributed by atoms with Gasteiger partial charge in [-0.15, -0.1) is 0 Å². The summed E-state index contributed by atoms with van der Waals surface area (Å²) in [5.74, 6) is 0.219. The number of aromatic nitrogens is 2. The van der Waals surface area contributed by atoms with E-state index in [9.17, 15) is 22.8 Å². The lowest BCUT2D eigenvalue weighted by Crippen LogP contribution is -2.18. The van der Waals surface area contributed by atoms with Crippen molar-refractivity contribution in [2.75, 3.05) is 10.6 Å². The number of nitrogens with one attached hydrogen (secondary N) is 2. The van der Waals surface area contributed by atoms with Crippen molar-refractivity contribution in [1.29, 1.82) is 0 Å². The van der Waals surface area contributed by atoms with Crippen molar-refractivity contribution in [3.8, 4) is 11.6 Å². The van der Waals surface area contributed by atoms with Gasteiger partial charge in [0, 0.05) is 17.7 Å². The van der Waals surface area contributed by atoms with Crippen molar-refractivity contribution in [2.45, 2.75) is 26.4 Å². The molecule has 10 heteroatoms. The van der Waals surface area contributed by atoms with Gasteiger partial charge in [-0.25, -0.2) is 9.97 Å². The fourth-order valence-corrected chi connectivity index (χ4v) is 2.66. The first-order valence-electron chi connectivity index (χ1n) is 9.97. The van der Waals surface area contributed by atoms with E-state index in [4.69, 9.17) is 4.74 Å². The number of anilines is 2. The minimum Gasteiger partial charge on any atom is -0.439 e. The zero-order valence-corrected chi connectivity index (χ0v) is 17.8. The Balaban J connectivity index is 1.56. The maximum atomic E-state index is 12.6. The van der Waals surface area contributed by atoms with Gasteiger partial charge in [0.25, 0.3) is 0 Å². The topological polar surface area (TPSA) is 93.2 Å². The number of carbonyl (C=O) groups is 2. The van der Waals surface area contributed by atoms with Crippen LogP contribution in [0.25, 0.3) is 0 Å². The molecule has 0 fully saturated rings. The van der Waals surface area contributed by atoms with Gasteiger partial charge >= 0.3 is 6.18 Å².